The maximum absolute atomic E-state index is 13.1. The van der Waals surface area contributed by atoms with Gasteiger partial charge in [0.25, 0.3) is 0 Å². The van der Waals surface area contributed by atoms with Gasteiger partial charge in [-0.05, 0) is 36.2 Å². The van der Waals surface area contributed by atoms with Crippen molar-refractivity contribution in [2.24, 2.45) is 5.10 Å². The third-order valence-electron chi connectivity index (χ3n) is 4.93. The summed E-state index contributed by atoms with van der Waals surface area (Å²) in [5.41, 5.74) is 3.70. The van der Waals surface area contributed by atoms with Gasteiger partial charge in [0.1, 0.15) is 0 Å². The highest BCUT2D eigenvalue weighted by Crippen LogP contribution is 2.36. The van der Waals surface area contributed by atoms with Crippen LogP contribution in [0.5, 0.6) is 0 Å². The van der Waals surface area contributed by atoms with E-state index in [2.05, 4.69) is 9.82 Å². The fourth-order valence-electron chi connectivity index (χ4n) is 3.60. The summed E-state index contributed by atoms with van der Waals surface area (Å²) in [5, 5.41) is 6.03. The summed E-state index contributed by atoms with van der Waals surface area (Å²) in [4.78, 5) is 13.1. The van der Waals surface area contributed by atoms with Crippen molar-refractivity contribution in [3.8, 4) is 0 Å². The minimum Gasteiger partial charge on any atom is -0.459 e. The third kappa shape index (κ3) is 3.99. The monoisotopic (exact) mass is 423 g/mol. The van der Waals surface area contributed by atoms with Crippen LogP contribution in [0.15, 0.2) is 76.4 Å². The molecule has 8 heteroatoms. The number of aryl methyl sites for hydroxylation is 1. The smallest absolute Gasteiger partial charge is 0.310 e. The van der Waals surface area contributed by atoms with Gasteiger partial charge in [-0.1, -0.05) is 42.5 Å². The predicted molar refractivity (Wildman–Crippen MR) is 115 cm³/mol. The number of sulfonamides is 1. The maximum Gasteiger partial charge on any atom is 0.310 e. The number of nitrogens with zero attached hydrogens (tertiary/aromatic N) is 2. The molecule has 0 aliphatic carbocycles. The Kier molecular flexibility index (Phi) is 5.17. The molecule has 0 saturated carbocycles. The third-order valence-corrected chi connectivity index (χ3v) is 5.52. The minimum absolute atomic E-state index is 0.195. The summed E-state index contributed by atoms with van der Waals surface area (Å²) < 4.78 is 31.4. The van der Waals surface area contributed by atoms with Gasteiger partial charge in [-0.3, -0.25) is 9.52 Å². The number of nitrogens with one attached hydrogen (secondary N) is 1. The molecule has 1 N–H and O–H groups in total. The molecule has 4 rings (SSSR count). The number of hydrogen-bond donors (Lipinski definition) is 1. The second-order valence-electron chi connectivity index (χ2n) is 7.17. The zero-order chi connectivity index (χ0) is 21.3. The largest absolute Gasteiger partial charge is 0.459 e. The van der Waals surface area contributed by atoms with E-state index in [0.29, 0.717) is 23.4 Å². The van der Waals surface area contributed by atoms with Crippen LogP contribution in [0.2, 0.25) is 0 Å². The fraction of sp³-hybridized carbons (Fsp3) is 0.182. The molecule has 154 valence electrons. The second-order valence-corrected chi connectivity index (χ2v) is 8.92. The molecule has 0 spiro atoms. The van der Waals surface area contributed by atoms with Crippen molar-refractivity contribution < 1.29 is 17.6 Å². The molecule has 3 aromatic rings. The van der Waals surface area contributed by atoms with Crippen molar-refractivity contribution in [3.05, 3.63) is 89.4 Å². The number of para-hydroxylation sites is 1. The van der Waals surface area contributed by atoms with E-state index in [1.807, 2.05) is 37.3 Å². The first kappa shape index (κ1) is 19.9. The molecule has 7 nitrogen and oxygen atoms in total. The highest BCUT2D eigenvalue weighted by Gasteiger charge is 2.36. The summed E-state index contributed by atoms with van der Waals surface area (Å²) in [6.07, 6.45) is 2.99. The molecule has 1 amide bonds. The van der Waals surface area contributed by atoms with Gasteiger partial charge in [0, 0.05) is 12.0 Å². The Labute approximate surface area is 175 Å². The Morgan fingerprint density at radius 1 is 1.10 bits per heavy atom. The molecular weight excluding hydrogens is 402 g/mol. The lowest BCUT2D eigenvalue weighted by atomic mass is 9.94. The van der Waals surface area contributed by atoms with Crippen molar-refractivity contribution >= 4 is 27.3 Å². The number of furan rings is 1. The predicted octanol–water partition coefficient (Wildman–Crippen LogP) is 3.95. The van der Waals surface area contributed by atoms with E-state index >= 15 is 0 Å². The molecule has 0 bridgehead atoms. The summed E-state index contributed by atoms with van der Waals surface area (Å²) in [7, 11) is -3.47. The number of carbonyl (C=O) groups is 1. The van der Waals surface area contributed by atoms with Crippen molar-refractivity contribution in [3.63, 3.8) is 0 Å². The lowest BCUT2D eigenvalue weighted by molar-refractivity contribution is 0.0678. The molecule has 0 unspecified atom stereocenters. The van der Waals surface area contributed by atoms with E-state index in [4.69, 9.17) is 4.42 Å². The Morgan fingerprint density at radius 3 is 2.53 bits per heavy atom. The summed E-state index contributed by atoms with van der Waals surface area (Å²) in [6.45, 7) is 1.99. The Balaban J connectivity index is 1.78. The molecule has 2 aromatic carbocycles. The quantitative estimate of drug-likeness (QED) is 0.673. The van der Waals surface area contributed by atoms with E-state index in [9.17, 15) is 13.2 Å². The second kappa shape index (κ2) is 7.79. The first-order valence-corrected chi connectivity index (χ1v) is 11.3. The van der Waals surface area contributed by atoms with Crippen molar-refractivity contribution in [2.75, 3.05) is 11.0 Å². The highest BCUT2D eigenvalue weighted by atomic mass is 32.2. The van der Waals surface area contributed by atoms with Crippen LogP contribution in [0, 0.1) is 6.92 Å². The lowest BCUT2D eigenvalue weighted by Gasteiger charge is -2.22. The molecule has 0 saturated heterocycles. The molecule has 2 heterocycles. The van der Waals surface area contributed by atoms with Crippen LogP contribution in [-0.4, -0.2) is 31.3 Å². The minimum atomic E-state index is -3.47. The van der Waals surface area contributed by atoms with Gasteiger partial charge in [0.15, 0.2) is 5.76 Å². The number of carbonyl (C=O) groups excluding carboxylic acids is 1. The van der Waals surface area contributed by atoms with E-state index in [-0.39, 0.29) is 17.7 Å². The van der Waals surface area contributed by atoms with Gasteiger partial charge >= 0.3 is 5.91 Å². The number of amides is 1. The van der Waals surface area contributed by atoms with Crippen LogP contribution < -0.4 is 4.72 Å². The summed E-state index contributed by atoms with van der Waals surface area (Å²) in [5.74, 6) is -0.155. The van der Waals surface area contributed by atoms with Crippen LogP contribution in [0.4, 0.5) is 5.69 Å². The van der Waals surface area contributed by atoms with E-state index in [0.717, 1.165) is 17.4 Å². The first-order valence-electron chi connectivity index (χ1n) is 9.41. The molecule has 1 aliphatic rings. The van der Waals surface area contributed by atoms with Gasteiger partial charge < -0.3 is 4.42 Å². The lowest BCUT2D eigenvalue weighted by Crippen LogP contribution is -2.27. The van der Waals surface area contributed by atoms with Crippen LogP contribution in [0.3, 0.4) is 0 Å². The summed E-state index contributed by atoms with van der Waals surface area (Å²) >= 11 is 0. The van der Waals surface area contributed by atoms with Gasteiger partial charge in [-0.25, -0.2) is 13.4 Å². The highest BCUT2D eigenvalue weighted by molar-refractivity contribution is 7.92. The number of hydrazone groups is 1. The average molecular weight is 423 g/mol. The molecule has 30 heavy (non-hydrogen) atoms. The Morgan fingerprint density at radius 2 is 1.83 bits per heavy atom. The van der Waals surface area contributed by atoms with Crippen LogP contribution in [0.1, 0.15) is 39.7 Å². The standard InChI is InChI=1S/C22H21N3O4S/c1-15-8-3-4-9-16(15)20-14-19(23-25(20)22(26)21-12-7-13-29-21)17-10-5-6-11-18(17)24-30(2,27)28/h3-13,20,24H,14H2,1-2H3/t20-/m1/s1. The van der Waals surface area contributed by atoms with Crippen LogP contribution in [-0.2, 0) is 10.0 Å². The van der Waals surface area contributed by atoms with Gasteiger partial charge in [0.2, 0.25) is 10.0 Å². The van der Waals surface area contributed by atoms with E-state index in [1.165, 1.54) is 11.3 Å². The molecule has 0 radical (unpaired) electrons. The molecule has 1 aromatic heterocycles. The van der Waals surface area contributed by atoms with Gasteiger partial charge in [-0.2, -0.15) is 5.10 Å². The van der Waals surface area contributed by atoms with E-state index < -0.39 is 10.0 Å². The first-order chi connectivity index (χ1) is 14.3. The number of rotatable bonds is 5. The summed E-state index contributed by atoms with van der Waals surface area (Å²) in [6, 6.07) is 17.8. The molecule has 1 atom stereocenters. The Hall–Kier alpha value is -3.39. The fourth-order valence-corrected chi connectivity index (χ4v) is 4.18. The van der Waals surface area contributed by atoms with Crippen LogP contribution >= 0.6 is 0 Å². The number of anilines is 1. The number of benzene rings is 2. The van der Waals surface area contributed by atoms with Gasteiger partial charge in [-0.15, -0.1) is 0 Å². The zero-order valence-corrected chi connectivity index (χ0v) is 17.4. The normalized spacial score (nSPS) is 16.4. The topological polar surface area (TPSA) is 92.0 Å². The van der Waals surface area contributed by atoms with Crippen molar-refractivity contribution in [1.29, 1.82) is 0 Å². The van der Waals surface area contributed by atoms with Gasteiger partial charge in [0.05, 0.1) is 30.0 Å². The molecule has 0 fully saturated rings. The van der Waals surface area contributed by atoms with Crippen molar-refractivity contribution in [1.82, 2.24) is 5.01 Å². The number of hydrogen-bond acceptors (Lipinski definition) is 5. The maximum atomic E-state index is 13.1. The SMILES string of the molecule is Cc1ccccc1[C@H]1CC(c2ccccc2NS(C)(=O)=O)=NN1C(=O)c1ccco1. The Bertz CT molecular complexity index is 1220. The van der Waals surface area contributed by atoms with Crippen molar-refractivity contribution in [2.45, 2.75) is 19.4 Å². The van der Waals surface area contributed by atoms with E-state index in [1.54, 1.807) is 30.3 Å². The average Bonchev–Trinajstić information content (AvgIpc) is 3.37. The molecule has 1 aliphatic heterocycles. The van der Waals surface area contributed by atoms with Crippen LogP contribution in [0.25, 0.3) is 0 Å². The molecular formula is C22H21N3O4S. The zero-order valence-electron chi connectivity index (χ0n) is 16.6.